The normalized spacial score (nSPS) is 18.9. The van der Waals surface area contributed by atoms with Crippen molar-refractivity contribution in [3.8, 4) is 0 Å². The van der Waals surface area contributed by atoms with E-state index in [9.17, 15) is 4.79 Å². The van der Waals surface area contributed by atoms with E-state index in [2.05, 4.69) is 0 Å². The molecule has 0 aliphatic carbocycles. The number of rotatable bonds is 4. The zero-order valence-corrected chi connectivity index (χ0v) is 11.5. The zero-order valence-electron chi connectivity index (χ0n) is 10.8. The number of carbonyl (C=O) groups excluding carboxylic acids is 1. The number of nitrogens with zero attached hydrogens (tertiary/aromatic N) is 1. The van der Waals surface area contributed by atoms with Crippen molar-refractivity contribution in [2.24, 2.45) is 5.92 Å². The number of carbonyl (C=O) groups is 1. The standard InChI is InChI=1S/C14H20ClNO2/c1-11(15)12-6-8-16(9-7-12)14(17)5-4-13-3-2-10-18-13/h2-3,10-12H,4-9H2,1H3. The largest absolute Gasteiger partial charge is 0.469 e. The fourth-order valence-corrected chi connectivity index (χ4v) is 2.70. The SMILES string of the molecule is CC(Cl)C1CCN(C(=O)CCc2ccco2)CC1. The van der Waals surface area contributed by atoms with Gasteiger partial charge in [0, 0.05) is 31.3 Å². The highest BCUT2D eigenvalue weighted by Gasteiger charge is 2.25. The minimum atomic E-state index is 0.213. The Morgan fingerprint density at radius 2 is 2.28 bits per heavy atom. The van der Waals surface area contributed by atoms with Crippen molar-refractivity contribution in [3.63, 3.8) is 0 Å². The molecule has 0 radical (unpaired) electrons. The van der Waals surface area contributed by atoms with Crippen LogP contribution in [0.2, 0.25) is 0 Å². The number of piperidine rings is 1. The summed E-state index contributed by atoms with van der Waals surface area (Å²) >= 11 is 6.10. The van der Waals surface area contributed by atoms with E-state index >= 15 is 0 Å². The molecule has 2 rings (SSSR count). The molecule has 1 aromatic rings. The monoisotopic (exact) mass is 269 g/mol. The molecule has 2 heterocycles. The summed E-state index contributed by atoms with van der Waals surface area (Å²) in [4.78, 5) is 14.0. The Morgan fingerprint density at radius 3 is 2.83 bits per heavy atom. The fourth-order valence-electron chi connectivity index (χ4n) is 2.45. The van der Waals surface area contributed by atoms with Gasteiger partial charge in [-0.05, 0) is 37.8 Å². The molecule has 0 bridgehead atoms. The number of likely N-dealkylation sites (tertiary alicyclic amines) is 1. The van der Waals surface area contributed by atoms with Crippen molar-refractivity contribution in [1.29, 1.82) is 0 Å². The Kier molecular flexibility index (Phi) is 4.70. The van der Waals surface area contributed by atoms with E-state index in [4.69, 9.17) is 16.0 Å². The molecule has 1 aliphatic heterocycles. The number of alkyl halides is 1. The summed E-state index contributed by atoms with van der Waals surface area (Å²) in [5.74, 6) is 1.67. The lowest BCUT2D eigenvalue weighted by Crippen LogP contribution is -2.40. The van der Waals surface area contributed by atoms with E-state index < -0.39 is 0 Å². The number of aryl methyl sites for hydroxylation is 1. The van der Waals surface area contributed by atoms with Gasteiger partial charge in [0.25, 0.3) is 0 Å². The number of amides is 1. The maximum absolute atomic E-state index is 12.0. The highest BCUT2D eigenvalue weighted by atomic mass is 35.5. The number of furan rings is 1. The molecule has 1 unspecified atom stereocenters. The second-order valence-corrected chi connectivity index (χ2v) is 5.66. The molecule has 1 atom stereocenters. The molecular weight excluding hydrogens is 250 g/mol. The molecule has 1 fully saturated rings. The lowest BCUT2D eigenvalue weighted by molar-refractivity contribution is -0.132. The Labute approximate surface area is 113 Å². The Morgan fingerprint density at radius 1 is 1.56 bits per heavy atom. The van der Waals surface area contributed by atoms with E-state index in [1.165, 1.54) is 0 Å². The third-order valence-corrected chi connectivity index (χ3v) is 4.06. The molecule has 100 valence electrons. The highest BCUT2D eigenvalue weighted by molar-refractivity contribution is 6.20. The third-order valence-electron chi connectivity index (χ3n) is 3.71. The van der Waals surface area contributed by atoms with E-state index in [1.54, 1.807) is 6.26 Å². The van der Waals surface area contributed by atoms with E-state index in [0.29, 0.717) is 18.8 Å². The predicted octanol–water partition coefficient (Wildman–Crippen LogP) is 3.08. The second-order valence-electron chi connectivity index (χ2n) is 4.98. The fraction of sp³-hybridized carbons (Fsp3) is 0.643. The van der Waals surface area contributed by atoms with Gasteiger partial charge in [-0.1, -0.05) is 0 Å². The van der Waals surface area contributed by atoms with Crippen molar-refractivity contribution in [3.05, 3.63) is 24.2 Å². The van der Waals surface area contributed by atoms with E-state index in [-0.39, 0.29) is 11.3 Å². The lowest BCUT2D eigenvalue weighted by atomic mass is 9.94. The van der Waals surface area contributed by atoms with E-state index in [0.717, 1.165) is 31.7 Å². The molecule has 1 saturated heterocycles. The summed E-state index contributed by atoms with van der Waals surface area (Å²) in [6, 6.07) is 3.77. The van der Waals surface area contributed by atoms with Crippen LogP contribution in [-0.2, 0) is 11.2 Å². The van der Waals surface area contributed by atoms with Gasteiger partial charge in [-0.3, -0.25) is 4.79 Å². The molecule has 1 amide bonds. The number of hydrogen-bond donors (Lipinski definition) is 0. The van der Waals surface area contributed by atoms with E-state index in [1.807, 2.05) is 24.0 Å². The van der Waals surface area contributed by atoms with Gasteiger partial charge in [0.05, 0.1) is 6.26 Å². The minimum Gasteiger partial charge on any atom is -0.469 e. The Balaban J connectivity index is 1.74. The smallest absolute Gasteiger partial charge is 0.223 e. The van der Waals surface area contributed by atoms with Crippen LogP contribution >= 0.6 is 11.6 Å². The topological polar surface area (TPSA) is 33.5 Å². The summed E-state index contributed by atoms with van der Waals surface area (Å²) in [6.07, 6.45) is 4.92. The first-order valence-corrected chi connectivity index (χ1v) is 7.04. The lowest BCUT2D eigenvalue weighted by Gasteiger charge is -2.33. The average Bonchev–Trinajstić information content (AvgIpc) is 2.89. The molecule has 4 heteroatoms. The van der Waals surface area contributed by atoms with Crippen molar-refractivity contribution in [2.45, 2.75) is 38.0 Å². The van der Waals surface area contributed by atoms with Crippen molar-refractivity contribution in [1.82, 2.24) is 4.90 Å². The Hall–Kier alpha value is -0.960. The Bertz CT molecular complexity index is 367. The van der Waals surface area contributed by atoms with Gasteiger partial charge in [-0.2, -0.15) is 0 Å². The molecule has 3 nitrogen and oxygen atoms in total. The van der Waals surface area contributed by atoms with Crippen LogP contribution in [0, 0.1) is 5.92 Å². The number of halogens is 1. The highest BCUT2D eigenvalue weighted by Crippen LogP contribution is 2.24. The molecule has 1 aliphatic rings. The first-order valence-electron chi connectivity index (χ1n) is 6.61. The van der Waals surface area contributed by atoms with Gasteiger partial charge < -0.3 is 9.32 Å². The van der Waals surface area contributed by atoms with Gasteiger partial charge in [-0.15, -0.1) is 11.6 Å². The molecule has 0 aromatic carbocycles. The summed E-state index contributed by atoms with van der Waals surface area (Å²) < 4.78 is 5.23. The van der Waals surface area contributed by atoms with Gasteiger partial charge >= 0.3 is 0 Å². The predicted molar refractivity (Wildman–Crippen MR) is 71.6 cm³/mol. The number of hydrogen-bond acceptors (Lipinski definition) is 2. The quantitative estimate of drug-likeness (QED) is 0.787. The summed E-state index contributed by atoms with van der Waals surface area (Å²) in [7, 11) is 0. The third kappa shape index (κ3) is 3.52. The van der Waals surface area contributed by atoms with Crippen LogP contribution < -0.4 is 0 Å². The summed E-state index contributed by atoms with van der Waals surface area (Å²) in [6.45, 7) is 3.73. The van der Waals surface area contributed by atoms with Crippen molar-refractivity contribution >= 4 is 17.5 Å². The van der Waals surface area contributed by atoms with Crippen LogP contribution in [0.4, 0.5) is 0 Å². The average molecular weight is 270 g/mol. The van der Waals surface area contributed by atoms with Gasteiger partial charge in [0.15, 0.2) is 0 Å². The first-order chi connectivity index (χ1) is 8.66. The second kappa shape index (κ2) is 6.28. The van der Waals surface area contributed by atoms with Crippen molar-refractivity contribution < 1.29 is 9.21 Å². The van der Waals surface area contributed by atoms with Crippen molar-refractivity contribution in [2.75, 3.05) is 13.1 Å². The zero-order chi connectivity index (χ0) is 13.0. The molecule has 1 aromatic heterocycles. The van der Waals surface area contributed by atoms with Crippen LogP contribution in [0.15, 0.2) is 22.8 Å². The minimum absolute atomic E-state index is 0.213. The molecule has 18 heavy (non-hydrogen) atoms. The van der Waals surface area contributed by atoms with Gasteiger partial charge in [0.2, 0.25) is 5.91 Å². The van der Waals surface area contributed by atoms with Crippen LogP contribution in [0.25, 0.3) is 0 Å². The summed E-state index contributed by atoms with van der Waals surface area (Å²) in [5.41, 5.74) is 0. The van der Waals surface area contributed by atoms with Gasteiger partial charge in [0.1, 0.15) is 5.76 Å². The maximum Gasteiger partial charge on any atom is 0.223 e. The van der Waals surface area contributed by atoms with Crippen LogP contribution in [-0.4, -0.2) is 29.3 Å². The van der Waals surface area contributed by atoms with Crippen LogP contribution in [0.5, 0.6) is 0 Å². The van der Waals surface area contributed by atoms with Gasteiger partial charge in [-0.25, -0.2) is 0 Å². The van der Waals surface area contributed by atoms with Crippen LogP contribution in [0.3, 0.4) is 0 Å². The van der Waals surface area contributed by atoms with Crippen LogP contribution in [0.1, 0.15) is 31.9 Å². The maximum atomic E-state index is 12.0. The molecular formula is C14H20ClNO2. The molecule has 0 N–H and O–H groups in total. The molecule has 0 spiro atoms. The first kappa shape index (κ1) is 13.5. The summed E-state index contributed by atoms with van der Waals surface area (Å²) in [5, 5.41) is 0.213. The molecule has 0 saturated carbocycles.